The molecule has 0 radical (unpaired) electrons. The van der Waals surface area contributed by atoms with Crippen LogP contribution >= 0.6 is 0 Å². The molecular weight excluding hydrogens is 280 g/mol. The van der Waals surface area contributed by atoms with Gasteiger partial charge in [0, 0.05) is 31.4 Å². The Balaban J connectivity index is 1.56. The number of hydrogen-bond donors (Lipinski definition) is 1. The van der Waals surface area contributed by atoms with Gasteiger partial charge in [-0.15, -0.1) is 0 Å². The van der Waals surface area contributed by atoms with Crippen molar-refractivity contribution in [1.29, 1.82) is 0 Å². The summed E-state index contributed by atoms with van der Waals surface area (Å²) in [6, 6.07) is 3.69. The maximum Gasteiger partial charge on any atom is 0.261 e. The number of aromatic nitrogens is 3. The van der Waals surface area contributed by atoms with Crippen molar-refractivity contribution in [2.75, 3.05) is 0 Å². The molecule has 3 rings (SSSR count). The minimum Gasteiger partial charge on any atom is -0.479 e. The lowest BCUT2D eigenvalue weighted by atomic mass is 10.1. The molecule has 1 aliphatic rings. The van der Waals surface area contributed by atoms with E-state index in [1.807, 2.05) is 13.1 Å². The SMILES string of the molecule is Cc1cn2c(n1)CC[C@@H](NC(=O)[C@@H](C)Oc1cccnc1)C2. The van der Waals surface area contributed by atoms with Gasteiger partial charge in [0.15, 0.2) is 6.10 Å². The van der Waals surface area contributed by atoms with Gasteiger partial charge in [0.2, 0.25) is 0 Å². The van der Waals surface area contributed by atoms with Crippen LogP contribution in [0.25, 0.3) is 0 Å². The van der Waals surface area contributed by atoms with Crippen LogP contribution in [-0.2, 0) is 17.8 Å². The van der Waals surface area contributed by atoms with E-state index in [-0.39, 0.29) is 11.9 Å². The van der Waals surface area contributed by atoms with Gasteiger partial charge in [-0.05, 0) is 32.4 Å². The molecule has 1 N–H and O–H groups in total. The summed E-state index contributed by atoms with van der Waals surface area (Å²) >= 11 is 0. The Bertz CT molecular complexity index is 653. The van der Waals surface area contributed by atoms with Gasteiger partial charge in [0.05, 0.1) is 11.9 Å². The Morgan fingerprint density at radius 3 is 3.18 bits per heavy atom. The molecule has 0 saturated heterocycles. The Morgan fingerprint density at radius 2 is 2.41 bits per heavy atom. The lowest BCUT2D eigenvalue weighted by molar-refractivity contribution is -0.128. The molecule has 6 heteroatoms. The average molecular weight is 300 g/mol. The highest BCUT2D eigenvalue weighted by molar-refractivity contribution is 5.81. The summed E-state index contributed by atoms with van der Waals surface area (Å²) in [4.78, 5) is 20.7. The Kier molecular flexibility index (Phi) is 4.09. The van der Waals surface area contributed by atoms with Crippen molar-refractivity contribution in [2.45, 2.75) is 45.4 Å². The highest BCUT2D eigenvalue weighted by atomic mass is 16.5. The number of imidazole rings is 1. The number of carbonyl (C=O) groups is 1. The standard InChI is InChI=1S/C16H20N4O2/c1-11-9-20-10-13(5-6-15(20)18-11)19-16(21)12(2)22-14-4-3-7-17-8-14/h3-4,7-9,12-13H,5-6,10H2,1-2H3,(H,19,21)/t12-,13-/m1/s1. The van der Waals surface area contributed by atoms with Crippen molar-refractivity contribution >= 4 is 5.91 Å². The highest BCUT2D eigenvalue weighted by Crippen LogP contribution is 2.15. The van der Waals surface area contributed by atoms with E-state index in [1.54, 1.807) is 31.5 Å². The Morgan fingerprint density at radius 1 is 1.55 bits per heavy atom. The van der Waals surface area contributed by atoms with Crippen molar-refractivity contribution < 1.29 is 9.53 Å². The molecule has 1 amide bonds. The zero-order chi connectivity index (χ0) is 15.5. The fraction of sp³-hybridized carbons (Fsp3) is 0.438. The van der Waals surface area contributed by atoms with Gasteiger partial charge in [0.25, 0.3) is 5.91 Å². The number of ether oxygens (including phenoxy) is 1. The molecule has 0 spiro atoms. The van der Waals surface area contributed by atoms with E-state index in [4.69, 9.17) is 4.74 Å². The molecule has 2 atom stereocenters. The summed E-state index contributed by atoms with van der Waals surface area (Å²) in [7, 11) is 0. The molecule has 22 heavy (non-hydrogen) atoms. The molecule has 116 valence electrons. The number of nitrogens with zero attached hydrogens (tertiary/aromatic N) is 3. The molecule has 0 aromatic carbocycles. The Labute approximate surface area is 129 Å². The summed E-state index contributed by atoms with van der Waals surface area (Å²) in [6.07, 6.45) is 6.55. The van der Waals surface area contributed by atoms with Gasteiger partial charge in [-0.3, -0.25) is 9.78 Å². The second-order valence-electron chi connectivity index (χ2n) is 5.64. The molecule has 0 unspecified atom stereocenters. The molecule has 1 aliphatic heterocycles. The number of carbonyl (C=O) groups excluding carboxylic acids is 1. The molecule has 2 aromatic heterocycles. The maximum atomic E-state index is 12.3. The van der Waals surface area contributed by atoms with E-state index < -0.39 is 6.10 Å². The zero-order valence-electron chi connectivity index (χ0n) is 12.8. The van der Waals surface area contributed by atoms with E-state index in [2.05, 4.69) is 19.9 Å². The van der Waals surface area contributed by atoms with E-state index in [1.165, 1.54) is 0 Å². The van der Waals surface area contributed by atoms with Crippen molar-refractivity contribution in [3.05, 3.63) is 42.2 Å². The van der Waals surface area contributed by atoms with Crippen molar-refractivity contribution in [3.8, 4) is 5.75 Å². The third-order valence-electron chi connectivity index (χ3n) is 3.78. The molecule has 3 heterocycles. The average Bonchev–Trinajstić information content (AvgIpc) is 2.87. The van der Waals surface area contributed by atoms with Gasteiger partial charge in [0.1, 0.15) is 11.6 Å². The van der Waals surface area contributed by atoms with Crippen LogP contribution in [0.5, 0.6) is 5.75 Å². The second kappa shape index (κ2) is 6.17. The first-order valence-electron chi connectivity index (χ1n) is 7.51. The van der Waals surface area contributed by atoms with Crippen molar-refractivity contribution in [3.63, 3.8) is 0 Å². The summed E-state index contributed by atoms with van der Waals surface area (Å²) in [5.74, 6) is 1.60. The third-order valence-corrected chi connectivity index (χ3v) is 3.78. The number of pyridine rings is 1. The first-order valence-corrected chi connectivity index (χ1v) is 7.51. The van der Waals surface area contributed by atoms with Crippen LogP contribution in [0, 0.1) is 6.92 Å². The molecule has 0 fully saturated rings. The van der Waals surface area contributed by atoms with E-state index >= 15 is 0 Å². The van der Waals surface area contributed by atoms with E-state index in [0.717, 1.165) is 30.9 Å². The van der Waals surface area contributed by atoms with Crippen LogP contribution in [0.1, 0.15) is 24.9 Å². The van der Waals surface area contributed by atoms with E-state index in [0.29, 0.717) is 5.75 Å². The van der Waals surface area contributed by atoms with E-state index in [9.17, 15) is 4.79 Å². The number of fused-ring (bicyclic) bond motifs is 1. The first kappa shape index (κ1) is 14.6. The first-order chi connectivity index (χ1) is 10.6. The summed E-state index contributed by atoms with van der Waals surface area (Å²) in [5.41, 5.74) is 1.02. The molecule has 0 aliphatic carbocycles. The number of nitrogens with one attached hydrogen (secondary N) is 1. The maximum absolute atomic E-state index is 12.3. The predicted octanol–water partition coefficient (Wildman–Crippen LogP) is 1.49. The van der Waals surface area contributed by atoms with Gasteiger partial charge in [-0.2, -0.15) is 0 Å². The fourth-order valence-electron chi connectivity index (χ4n) is 2.70. The number of hydrogen-bond acceptors (Lipinski definition) is 4. The molecule has 0 bridgehead atoms. The minimum absolute atomic E-state index is 0.103. The van der Waals surface area contributed by atoms with Crippen molar-refractivity contribution in [2.24, 2.45) is 0 Å². The van der Waals surface area contributed by atoms with Gasteiger partial charge in [-0.25, -0.2) is 4.98 Å². The summed E-state index contributed by atoms with van der Waals surface area (Å²) < 4.78 is 7.72. The van der Waals surface area contributed by atoms with Crippen LogP contribution in [0.4, 0.5) is 0 Å². The van der Waals surface area contributed by atoms with Crippen LogP contribution < -0.4 is 10.1 Å². The number of amides is 1. The van der Waals surface area contributed by atoms with Gasteiger partial charge < -0.3 is 14.6 Å². The highest BCUT2D eigenvalue weighted by Gasteiger charge is 2.24. The van der Waals surface area contributed by atoms with Gasteiger partial charge >= 0.3 is 0 Å². The fourth-order valence-corrected chi connectivity index (χ4v) is 2.70. The lowest BCUT2D eigenvalue weighted by Gasteiger charge is -2.26. The largest absolute Gasteiger partial charge is 0.479 e. The number of aryl methyl sites for hydroxylation is 2. The van der Waals surface area contributed by atoms with Crippen LogP contribution in [0.15, 0.2) is 30.7 Å². The van der Waals surface area contributed by atoms with Crippen LogP contribution in [0.2, 0.25) is 0 Å². The van der Waals surface area contributed by atoms with Crippen LogP contribution in [-0.4, -0.2) is 32.6 Å². The molecule has 0 saturated carbocycles. The zero-order valence-corrected chi connectivity index (χ0v) is 12.8. The van der Waals surface area contributed by atoms with Crippen molar-refractivity contribution in [1.82, 2.24) is 19.9 Å². The van der Waals surface area contributed by atoms with Crippen LogP contribution in [0.3, 0.4) is 0 Å². The molecule has 2 aromatic rings. The summed E-state index contributed by atoms with van der Waals surface area (Å²) in [5, 5.41) is 3.06. The monoisotopic (exact) mass is 300 g/mol. The predicted molar refractivity (Wildman–Crippen MR) is 81.5 cm³/mol. The quantitative estimate of drug-likeness (QED) is 0.928. The molecular formula is C16H20N4O2. The molecule has 6 nitrogen and oxygen atoms in total. The number of rotatable bonds is 4. The minimum atomic E-state index is -0.546. The van der Waals surface area contributed by atoms with Gasteiger partial charge in [-0.1, -0.05) is 0 Å². The summed E-state index contributed by atoms with van der Waals surface area (Å²) in [6.45, 7) is 4.50. The Hall–Kier alpha value is -2.37. The third kappa shape index (κ3) is 3.27. The normalized spacial score (nSPS) is 18.4. The topological polar surface area (TPSA) is 69.0 Å². The lowest BCUT2D eigenvalue weighted by Crippen LogP contribution is -2.46. The smallest absolute Gasteiger partial charge is 0.261 e. The second-order valence-corrected chi connectivity index (χ2v) is 5.64.